The van der Waals surface area contributed by atoms with E-state index in [1.165, 1.54) is 6.20 Å². The van der Waals surface area contributed by atoms with Gasteiger partial charge in [0.25, 0.3) is 0 Å². The van der Waals surface area contributed by atoms with Gasteiger partial charge in [-0.25, -0.2) is 9.97 Å². The van der Waals surface area contributed by atoms with Gasteiger partial charge >= 0.3 is 0 Å². The first kappa shape index (κ1) is 14.2. The zero-order valence-corrected chi connectivity index (χ0v) is 12.6. The molecule has 6 heteroatoms. The fourth-order valence-electron chi connectivity index (χ4n) is 2.42. The lowest BCUT2D eigenvalue weighted by Crippen LogP contribution is -2.06. The molecule has 2 aromatic carbocycles. The number of methoxy groups -OCH3 is 2. The molecule has 0 radical (unpaired) electrons. The van der Waals surface area contributed by atoms with Crippen LogP contribution in [0.2, 0.25) is 0 Å². The monoisotopic (exact) mass is 294 g/mol. The van der Waals surface area contributed by atoms with Gasteiger partial charge in [0, 0.05) is 11.6 Å². The minimum absolute atomic E-state index is 0.103. The highest BCUT2D eigenvalue weighted by Crippen LogP contribution is 2.32. The number of aromatic hydroxyl groups is 1. The number of hydrogen-bond acceptors (Lipinski definition) is 5. The second-order valence-electron chi connectivity index (χ2n) is 4.96. The molecule has 3 aromatic rings. The third-order valence-corrected chi connectivity index (χ3v) is 3.55. The molecule has 0 spiro atoms. The minimum Gasteiger partial charge on any atom is -0.497 e. The summed E-state index contributed by atoms with van der Waals surface area (Å²) in [6.45, 7) is 0. The lowest BCUT2D eigenvalue weighted by Gasteiger charge is -2.11. The Bertz CT molecular complexity index is 830. The average Bonchev–Trinajstić information content (AvgIpc) is 2.54. The topological polar surface area (TPSA) is 64.5 Å². The van der Waals surface area contributed by atoms with Crippen LogP contribution in [0.4, 0.5) is 0 Å². The molecule has 1 aromatic heterocycles. The molecule has 5 nitrogen and oxygen atoms in total. The highest BCUT2D eigenvalue weighted by atomic mass is 16.5. The molecule has 0 fully saturated rings. The summed E-state index contributed by atoms with van der Waals surface area (Å²) in [5, 5.41) is 9.67. The Morgan fingerprint density at radius 3 is 2.32 bits per heavy atom. The second kappa shape index (κ2) is 5.56. The van der Waals surface area contributed by atoms with Crippen molar-refractivity contribution in [2.75, 3.05) is 14.2 Å². The van der Waals surface area contributed by atoms with E-state index in [0.29, 0.717) is 17.0 Å². The van der Waals surface area contributed by atoms with Crippen molar-refractivity contribution in [2.24, 2.45) is 0 Å². The van der Waals surface area contributed by atoms with Crippen LogP contribution in [0, 0.1) is 0 Å². The van der Waals surface area contributed by atoms with Crippen LogP contribution in [0.1, 0.15) is 0 Å². The first-order valence-corrected chi connectivity index (χ1v) is 6.81. The van der Waals surface area contributed by atoms with Crippen molar-refractivity contribution in [3.63, 3.8) is 0 Å². The summed E-state index contributed by atoms with van der Waals surface area (Å²) in [7, 11) is 5.18. The van der Waals surface area contributed by atoms with Gasteiger partial charge in [0.1, 0.15) is 19.3 Å². The minimum atomic E-state index is -0.103. The van der Waals surface area contributed by atoms with E-state index in [-0.39, 0.29) is 5.88 Å². The van der Waals surface area contributed by atoms with E-state index in [0.717, 1.165) is 22.1 Å². The third-order valence-electron chi connectivity index (χ3n) is 3.55. The molecule has 1 heterocycles. The number of benzene rings is 2. The summed E-state index contributed by atoms with van der Waals surface area (Å²) in [6, 6.07) is 9.55. The Labute approximate surface area is 129 Å². The van der Waals surface area contributed by atoms with Crippen LogP contribution in [0.5, 0.6) is 17.4 Å². The van der Waals surface area contributed by atoms with Crippen molar-refractivity contribution < 1.29 is 14.6 Å². The van der Waals surface area contributed by atoms with Crippen LogP contribution in [-0.2, 0) is 0 Å². The molecule has 0 saturated carbocycles. The van der Waals surface area contributed by atoms with Crippen LogP contribution in [0.3, 0.4) is 0 Å². The Morgan fingerprint density at radius 1 is 1.00 bits per heavy atom. The van der Waals surface area contributed by atoms with E-state index < -0.39 is 0 Å². The van der Waals surface area contributed by atoms with Crippen LogP contribution < -0.4 is 14.9 Å². The Morgan fingerprint density at radius 2 is 1.68 bits per heavy atom. The van der Waals surface area contributed by atoms with Crippen molar-refractivity contribution in [1.29, 1.82) is 0 Å². The van der Waals surface area contributed by atoms with E-state index in [1.807, 2.05) is 38.2 Å². The number of aromatic nitrogens is 2. The number of fused-ring (bicyclic) bond motifs is 1. The molecule has 22 heavy (non-hydrogen) atoms. The second-order valence-corrected chi connectivity index (χ2v) is 4.96. The molecule has 0 unspecified atom stereocenters. The zero-order chi connectivity index (χ0) is 15.7. The summed E-state index contributed by atoms with van der Waals surface area (Å²) in [4.78, 5) is 8.51. The van der Waals surface area contributed by atoms with Gasteiger partial charge in [-0.15, -0.1) is 0 Å². The van der Waals surface area contributed by atoms with Crippen LogP contribution in [0.15, 0.2) is 36.5 Å². The Kier molecular flexibility index (Phi) is 3.59. The molecule has 0 amide bonds. The van der Waals surface area contributed by atoms with Gasteiger partial charge in [-0.1, -0.05) is 17.6 Å². The molecule has 0 aliphatic carbocycles. The smallest absolute Gasteiger partial charge is 0.230 e. The maximum Gasteiger partial charge on any atom is 0.230 e. The SMILES string of the molecule is Bc1ccc(-c2cc(OC)cc(OC)c2)c2nc(O)cnc12. The van der Waals surface area contributed by atoms with Crippen molar-refractivity contribution in [1.82, 2.24) is 9.97 Å². The average molecular weight is 294 g/mol. The lowest BCUT2D eigenvalue weighted by molar-refractivity contribution is 0.394. The van der Waals surface area contributed by atoms with Gasteiger partial charge < -0.3 is 14.6 Å². The fourth-order valence-corrected chi connectivity index (χ4v) is 2.42. The van der Waals surface area contributed by atoms with Gasteiger partial charge in [-0.2, -0.15) is 0 Å². The molecule has 0 aliphatic heterocycles. The molecule has 0 aliphatic rings. The van der Waals surface area contributed by atoms with E-state index in [4.69, 9.17) is 9.47 Å². The van der Waals surface area contributed by atoms with Crippen molar-refractivity contribution in [3.05, 3.63) is 36.5 Å². The predicted octanol–water partition coefficient (Wildman–Crippen LogP) is 1.28. The Hall–Kier alpha value is -2.76. The molecule has 110 valence electrons. The molecular weight excluding hydrogens is 279 g/mol. The summed E-state index contributed by atoms with van der Waals surface area (Å²) < 4.78 is 10.6. The summed E-state index contributed by atoms with van der Waals surface area (Å²) in [5.41, 5.74) is 4.16. The first-order chi connectivity index (χ1) is 10.6. The van der Waals surface area contributed by atoms with E-state index in [1.54, 1.807) is 14.2 Å². The van der Waals surface area contributed by atoms with Gasteiger partial charge in [0.2, 0.25) is 5.88 Å². The van der Waals surface area contributed by atoms with Gasteiger partial charge in [-0.05, 0) is 17.7 Å². The van der Waals surface area contributed by atoms with Crippen molar-refractivity contribution in [3.8, 4) is 28.5 Å². The maximum absolute atomic E-state index is 9.67. The molecule has 3 rings (SSSR count). The summed E-state index contributed by atoms with van der Waals surface area (Å²) >= 11 is 0. The third kappa shape index (κ3) is 2.43. The predicted molar refractivity (Wildman–Crippen MR) is 87.9 cm³/mol. The molecule has 0 atom stereocenters. The molecule has 0 bridgehead atoms. The molecular formula is C16H15BN2O3. The number of ether oxygens (including phenoxy) is 2. The molecule has 0 saturated heterocycles. The first-order valence-electron chi connectivity index (χ1n) is 6.81. The standard InChI is InChI=1S/C16H15BN2O3/c1-21-10-5-9(6-11(7-10)22-2)12-3-4-13(17)16-15(12)19-14(20)8-18-16/h3-8H,17H2,1-2H3,(H,19,20). The zero-order valence-electron chi connectivity index (χ0n) is 12.6. The van der Waals surface area contributed by atoms with E-state index in [9.17, 15) is 5.11 Å². The van der Waals surface area contributed by atoms with Gasteiger partial charge in [0.05, 0.1) is 31.4 Å². The fraction of sp³-hybridized carbons (Fsp3) is 0.125. The molecule has 1 N–H and O–H groups in total. The van der Waals surface area contributed by atoms with E-state index >= 15 is 0 Å². The van der Waals surface area contributed by atoms with E-state index in [2.05, 4.69) is 9.97 Å². The highest BCUT2D eigenvalue weighted by Gasteiger charge is 2.11. The van der Waals surface area contributed by atoms with Crippen molar-refractivity contribution in [2.45, 2.75) is 0 Å². The van der Waals surface area contributed by atoms with Crippen LogP contribution in [0.25, 0.3) is 22.2 Å². The summed E-state index contributed by atoms with van der Waals surface area (Å²) in [6.07, 6.45) is 1.35. The van der Waals surface area contributed by atoms with Crippen LogP contribution in [-0.4, -0.2) is 37.1 Å². The van der Waals surface area contributed by atoms with Gasteiger partial charge in [-0.3, -0.25) is 0 Å². The quantitative estimate of drug-likeness (QED) is 0.737. The number of nitrogens with zero attached hydrogens (tertiary/aromatic N) is 2. The largest absolute Gasteiger partial charge is 0.497 e. The van der Waals surface area contributed by atoms with Gasteiger partial charge in [0.15, 0.2) is 0 Å². The highest BCUT2D eigenvalue weighted by molar-refractivity contribution is 6.38. The maximum atomic E-state index is 9.67. The normalized spacial score (nSPS) is 10.6. The number of hydrogen-bond donors (Lipinski definition) is 1. The lowest BCUT2D eigenvalue weighted by atomic mass is 9.91. The van der Waals surface area contributed by atoms with Crippen LogP contribution >= 0.6 is 0 Å². The number of rotatable bonds is 3. The Balaban J connectivity index is 2.30. The van der Waals surface area contributed by atoms with Crippen molar-refractivity contribution >= 4 is 24.3 Å². The summed E-state index contributed by atoms with van der Waals surface area (Å²) in [5.74, 6) is 1.28.